The average Bonchev–Trinajstić information content (AvgIpc) is 2.78. The number of nitrogens with zero attached hydrogens (tertiary/aromatic N) is 3. The number of nitrogens with one attached hydrogen (secondary N) is 1. The van der Waals surface area contributed by atoms with E-state index in [2.05, 4.69) is 10.2 Å². The number of aromatic amines is 1. The Morgan fingerprint density at radius 3 is 3.00 bits per heavy atom. The quantitative estimate of drug-likeness (QED) is 0.842. The molecule has 19 heavy (non-hydrogen) atoms. The summed E-state index contributed by atoms with van der Waals surface area (Å²) in [5, 5.41) is 6.87. The highest BCUT2D eigenvalue weighted by Crippen LogP contribution is 2.12. The Morgan fingerprint density at radius 1 is 1.53 bits per heavy atom. The van der Waals surface area contributed by atoms with Gasteiger partial charge in [-0.1, -0.05) is 0 Å². The first-order valence-electron chi connectivity index (χ1n) is 6.03. The molecule has 2 aromatic rings. The average molecular weight is 280 g/mol. The summed E-state index contributed by atoms with van der Waals surface area (Å²) >= 11 is 5.17. The van der Waals surface area contributed by atoms with E-state index in [1.54, 1.807) is 28.5 Å². The molecule has 0 atom stereocenters. The summed E-state index contributed by atoms with van der Waals surface area (Å²) in [6, 6.07) is 3.58. The van der Waals surface area contributed by atoms with Crippen molar-refractivity contribution in [3.8, 4) is 11.4 Å². The van der Waals surface area contributed by atoms with E-state index in [9.17, 15) is 4.79 Å². The Kier molecular flexibility index (Phi) is 4.28. The second kappa shape index (κ2) is 5.94. The lowest BCUT2D eigenvalue weighted by atomic mass is 10.2. The van der Waals surface area contributed by atoms with Crippen LogP contribution in [0.15, 0.2) is 23.1 Å². The summed E-state index contributed by atoms with van der Waals surface area (Å²) in [6.45, 7) is 3.61. The van der Waals surface area contributed by atoms with E-state index in [0.29, 0.717) is 35.9 Å². The molecular formula is C12H16N4O2S. The van der Waals surface area contributed by atoms with E-state index < -0.39 is 0 Å². The van der Waals surface area contributed by atoms with Crippen LogP contribution in [-0.4, -0.2) is 33.0 Å². The van der Waals surface area contributed by atoms with Gasteiger partial charge in [-0.15, -0.1) is 0 Å². The minimum atomic E-state index is -0.0716. The van der Waals surface area contributed by atoms with Crippen LogP contribution in [-0.2, 0) is 17.8 Å². The van der Waals surface area contributed by atoms with E-state index in [1.807, 2.05) is 13.0 Å². The van der Waals surface area contributed by atoms with Crippen LogP contribution < -0.4 is 5.56 Å². The molecule has 2 heterocycles. The van der Waals surface area contributed by atoms with E-state index in [4.69, 9.17) is 17.0 Å². The first kappa shape index (κ1) is 13.7. The van der Waals surface area contributed by atoms with Gasteiger partial charge in [-0.2, -0.15) is 5.10 Å². The maximum absolute atomic E-state index is 12.3. The Balaban J connectivity index is 2.54. The SMILES string of the molecule is CCn1cccc(-c2n[nH]c(=S)n2CCOC)c1=O. The van der Waals surface area contributed by atoms with Crippen molar-refractivity contribution >= 4 is 12.2 Å². The molecule has 7 heteroatoms. The number of hydrogen-bond acceptors (Lipinski definition) is 4. The zero-order chi connectivity index (χ0) is 13.8. The van der Waals surface area contributed by atoms with Gasteiger partial charge in [-0.3, -0.25) is 14.5 Å². The van der Waals surface area contributed by atoms with Gasteiger partial charge in [-0.05, 0) is 31.3 Å². The molecule has 0 aromatic carbocycles. The van der Waals surface area contributed by atoms with Gasteiger partial charge in [0.25, 0.3) is 5.56 Å². The van der Waals surface area contributed by atoms with Crippen LogP contribution in [0.2, 0.25) is 0 Å². The number of H-pyrrole nitrogens is 1. The smallest absolute Gasteiger partial charge is 0.261 e. The molecule has 0 fully saturated rings. The molecule has 0 radical (unpaired) electrons. The van der Waals surface area contributed by atoms with Crippen molar-refractivity contribution in [2.24, 2.45) is 0 Å². The molecule has 0 spiro atoms. The van der Waals surface area contributed by atoms with Gasteiger partial charge in [0.05, 0.1) is 18.7 Å². The molecule has 6 nitrogen and oxygen atoms in total. The summed E-state index contributed by atoms with van der Waals surface area (Å²) in [6.07, 6.45) is 1.76. The fourth-order valence-electron chi connectivity index (χ4n) is 1.87. The maximum atomic E-state index is 12.3. The summed E-state index contributed by atoms with van der Waals surface area (Å²) in [7, 11) is 1.62. The Morgan fingerprint density at radius 2 is 2.32 bits per heavy atom. The minimum absolute atomic E-state index is 0.0716. The minimum Gasteiger partial charge on any atom is -0.383 e. The predicted octanol–water partition coefficient (Wildman–Crippen LogP) is 1.44. The van der Waals surface area contributed by atoms with Gasteiger partial charge < -0.3 is 9.30 Å². The van der Waals surface area contributed by atoms with E-state index in [0.717, 1.165) is 0 Å². The molecule has 0 aliphatic rings. The molecule has 0 saturated carbocycles. The normalized spacial score (nSPS) is 10.8. The van der Waals surface area contributed by atoms with Crippen LogP contribution in [0.5, 0.6) is 0 Å². The molecule has 2 aromatic heterocycles. The number of ether oxygens (including phenoxy) is 1. The number of pyridine rings is 1. The number of aromatic nitrogens is 4. The highest BCUT2D eigenvalue weighted by atomic mass is 32.1. The van der Waals surface area contributed by atoms with Crippen molar-refractivity contribution in [2.75, 3.05) is 13.7 Å². The third-order valence-corrected chi connectivity index (χ3v) is 3.19. The number of methoxy groups -OCH3 is 1. The number of hydrogen-bond donors (Lipinski definition) is 1. The summed E-state index contributed by atoms with van der Waals surface area (Å²) in [5.74, 6) is 0.551. The van der Waals surface area contributed by atoms with Crippen LogP contribution in [0.1, 0.15) is 6.92 Å². The lowest BCUT2D eigenvalue weighted by Gasteiger charge is -2.07. The van der Waals surface area contributed by atoms with E-state index >= 15 is 0 Å². The first-order valence-corrected chi connectivity index (χ1v) is 6.43. The van der Waals surface area contributed by atoms with E-state index in [1.165, 1.54) is 0 Å². The summed E-state index contributed by atoms with van der Waals surface area (Å²) in [5.41, 5.74) is 0.463. The van der Waals surface area contributed by atoms with Gasteiger partial charge in [-0.25, -0.2) is 0 Å². The zero-order valence-electron chi connectivity index (χ0n) is 10.9. The van der Waals surface area contributed by atoms with Crippen LogP contribution in [0, 0.1) is 4.77 Å². The van der Waals surface area contributed by atoms with Crippen LogP contribution >= 0.6 is 12.2 Å². The topological polar surface area (TPSA) is 64.8 Å². The number of aryl methyl sites for hydroxylation is 1. The highest BCUT2D eigenvalue weighted by molar-refractivity contribution is 7.71. The van der Waals surface area contributed by atoms with Gasteiger partial charge in [0, 0.05) is 19.9 Å². The zero-order valence-corrected chi connectivity index (χ0v) is 11.7. The Bertz CT molecular complexity index is 671. The molecule has 0 unspecified atom stereocenters. The molecule has 0 saturated heterocycles. The summed E-state index contributed by atoms with van der Waals surface area (Å²) in [4.78, 5) is 12.3. The monoisotopic (exact) mass is 280 g/mol. The highest BCUT2D eigenvalue weighted by Gasteiger charge is 2.13. The second-order valence-electron chi connectivity index (χ2n) is 4.01. The molecule has 0 aliphatic heterocycles. The van der Waals surface area contributed by atoms with Crippen molar-refractivity contribution < 1.29 is 4.74 Å². The van der Waals surface area contributed by atoms with Crippen LogP contribution in [0.4, 0.5) is 0 Å². The molecule has 102 valence electrons. The molecule has 0 bridgehead atoms. The van der Waals surface area contributed by atoms with Gasteiger partial charge >= 0.3 is 0 Å². The van der Waals surface area contributed by atoms with Crippen molar-refractivity contribution in [2.45, 2.75) is 20.0 Å². The maximum Gasteiger partial charge on any atom is 0.261 e. The Labute approximate surface area is 115 Å². The first-order chi connectivity index (χ1) is 9.19. The van der Waals surface area contributed by atoms with Gasteiger partial charge in [0.15, 0.2) is 10.6 Å². The molecule has 2 rings (SSSR count). The lowest BCUT2D eigenvalue weighted by Crippen LogP contribution is -2.21. The molecule has 1 N–H and O–H groups in total. The van der Waals surface area contributed by atoms with Crippen LogP contribution in [0.3, 0.4) is 0 Å². The van der Waals surface area contributed by atoms with Gasteiger partial charge in [0.2, 0.25) is 0 Å². The largest absolute Gasteiger partial charge is 0.383 e. The third kappa shape index (κ3) is 2.66. The van der Waals surface area contributed by atoms with Crippen molar-refractivity contribution in [1.82, 2.24) is 19.3 Å². The number of rotatable bonds is 5. The van der Waals surface area contributed by atoms with Crippen molar-refractivity contribution in [3.63, 3.8) is 0 Å². The molecular weight excluding hydrogens is 264 g/mol. The third-order valence-electron chi connectivity index (χ3n) is 2.88. The predicted molar refractivity (Wildman–Crippen MR) is 74.7 cm³/mol. The van der Waals surface area contributed by atoms with Crippen molar-refractivity contribution in [1.29, 1.82) is 0 Å². The van der Waals surface area contributed by atoms with Gasteiger partial charge in [0.1, 0.15) is 0 Å². The second-order valence-corrected chi connectivity index (χ2v) is 4.40. The summed E-state index contributed by atoms with van der Waals surface area (Å²) < 4.78 is 8.93. The van der Waals surface area contributed by atoms with Crippen molar-refractivity contribution in [3.05, 3.63) is 33.5 Å². The molecule has 0 amide bonds. The van der Waals surface area contributed by atoms with E-state index in [-0.39, 0.29) is 5.56 Å². The fraction of sp³-hybridized carbons (Fsp3) is 0.417. The lowest BCUT2D eigenvalue weighted by molar-refractivity contribution is 0.187. The standard InChI is InChI=1S/C12H16N4O2S/c1-3-15-6-4-5-9(11(15)17)10-13-14-12(19)16(10)7-8-18-2/h4-6H,3,7-8H2,1-2H3,(H,14,19). The van der Waals surface area contributed by atoms with Crippen LogP contribution in [0.25, 0.3) is 11.4 Å². The fourth-order valence-corrected chi connectivity index (χ4v) is 2.09. The Hall–Kier alpha value is -1.73. The molecule has 0 aliphatic carbocycles.